The summed E-state index contributed by atoms with van der Waals surface area (Å²) in [5.41, 5.74) is 1.35. The quantitative estimate of drug-likeness (QED) is 0.802. The van der Waals surface area contributed by atoms with E-state index in [0.717, 1.165) is 24.1 Å². The molecule has 2 fully saturated rings. The van der Waals surface area contributed by atoms with Crippen LogP contribution in [0.25, 0.3) is 0 Å². The smallest absolute Gasteiger partial charge is 0.0941 e. The van der Waals surface area contributed by atoms with Crippen LogP contribution >= 0.6 is 0 Å². The van der Waals surface area contributed by atoms with Crippen molar-refractivity contribution in [3.63, 3.8) is 0 Å². The van der Waals surface area contributed by atoms with Crippen LogP contribution in [-0.4, -0.2) is 34.1 Å². The van der Waals surface area contributed by atoms with Gasteiger partial charge >= 0.3 is 0 Å². The van der Waals surface area contributed by atoms with Gasteiger partial charge in [-0.05, 0) is 45.7 Å². The molecule has 2 atom stereocenters. The molecule has 2 aliphatic rings. The van der Waals surface area contributed by atoms with E-state index in [0.29, 0.717) is 12.1 Å². The molecule has 2 saturated heterocycles. The highest BCUT2D eigenvalue weighted by Crippen LogP contribution is 2.44. The third-order valence-corrected chi connectivity index (χ3v) is 4.58. The van der Waals surface area contributed by atoms with Gasteiger partial charge in [-0.1, -0.05) is 6.07 Å². The Morgan fingerprint density at radius 3 is 2.47 bits per heavy atom. The monoisotopic (exact) mass is 232 g/mol. The van der Waals surface area contributed by atoms with Crippen LogP contribution in [0.5, 0.6) is 0 Å². The van der Waals surface area contributed by atoms with Crippen LogP contribution in [0.1, 0.15) is 36.9 Å². The number of piperidine rings is 1. The van der Waals surface area contributed by atoms with Gasteiger partial charge in [0.05, 0.1) is 5.60 Å². The fourth-order valence-corrected chi connectivity index (χ4v) is 3.42. The van der Waals surface area contributed by atoms with Crippen LogP contribution in [0.2, 0.25) is 0 Å². The first-order valence-electron chi connectivity index (χ1n) is 6.46. The maximum atomic E-state index is 10.9. The van der Waals surface area contributed by atoms with Gasteiger partial charge < -0.3 is 10.0 Å². The summed E-state index contributed by atoms with van der Waals surface area (Å²) < 4.78 is 0. The van der Waals surface area contributed by atoms with Gasteiger partial charge in [-0.25, -0.2) is 0 Å². The summed E-state index contributed by atoms with van der Waals surface area (Å²) in [5, 5.41) is 10.9. The molecule has 0 radical (unpaired) electrons. The zero-order valence-electron chi connectivity index (χ0n) is 10.6. The molecule has 92 valence electrons. The van der Waals surface area contributed by atoms with Crippen LogP contribution in [0.4, 0.5) is 0 Å². The van der Waals surface area contributed by atoms with Gasteiger partial charge in [-0.3, -0.25) is 4.98 Å². The number of aryl methyl sites for hydroxylation is 1. The lowest BCUT2D eigenvalue weighted by atomic mass is 9.81. The van der Waals surface area contributed by atoms with Crippen molar-refractivity contribution in [1.82, 2.24) is 9.88 Å². The molecule has 0 spiro atoms. The molecule has 0 aromatic carbocycles. The third kappa shape index (κ3) is 1.78. The van der Waals surface area contributed by atoms with Crippen LogP contribution in [0, 0.1) is 6.92 Å². The molecule has 0 saturated carbocycles. The lowest BCUT2D eigenvalue weighted by Gasteiger charge is -2.42. The molecule has 0 amide bonds. The van der Waals surface area contributed by atoms with Gasteiger partial charge in [0.1, 0.15) is 0 Å². The minimum atomic E-state index is -0.654. The summed E-state index contributed by atoms with van der Waals surface area (Å²) in [6.45, 7) is 1.98. The standard InChI is InChI=1S/C14H20N2O/c1-10-3-4-11(9-15-10)14(17)7-12-5-6-13(8-14)16(12)2/h3-4,9,12-13,17H,5-8H2,1-2H3. The summed E-state index contributed by atoms with van der Waals surface area (Å²) in [5.74, 6) is 0. The Balaban J connectivity index is 1.90. The number of fused-ring (bicyclic) bond motifs is 2. The van der Waals surface area contributed by atoms with E-state index in [4.69, 9.17) is 0 Å². The predicted octanol–water partition coefficient (Wildman–Crippen LogP) is 1.83. The maximum Gasteiger partial charge on any atom is 0.0941 e. The van der Waals surface area contributed by atoms with Crippen molar-refractivity contribution in [3.05, 3.63) is 29.6 Å². The molecule has 2 aliphatic heterocycles. The maximum absolute atomic E-state index is 10.9. The Morgan fingerprint density at radius 1 is 1.29 bits per heavy atom. The number of hydrogen-bond donors (Lipinski definition) is 1. The second-order valence-electron chi connectivity index (χ2n) is 5.68. The average Bonchev–Trinajstić information content (AvgIpc) is 2.53. The highest BCUT2D eigenvalue weighted by atomic mass is 16.3. The fourth-order valence-electron chi connectivity index (χ4n) is 3.42. The van der Waals surface area contributed by atoms with Crippen molar-refractivity contribution in [2.24, 2.45) is 0 Å². The molecule has 1 aromatic rings. The molecule has 2 unspecified atom stereocenters. The minimum absolute atomic E-state index is 0.542. The van der Waals surface area contributed by atoms with E-state index < -0.39 is 5.60 Å². The highest BCUT2D eigenvalue weighted by molar-refractivity contribution is 5.23. The molecule has 0 aliphatic carbocycles. The average molecular weight is 232 g/mol. The van der Waals surface area contributed by atoms with E-state index >= 15 is 0 Å². The van der Waals surface area contributed by atoms with Crippen LogP contribution in [0.3, 0.4) is 0 Å². The first-order chi connectivity index (χ1) is 8.08. The summed E-state index contributed by atoms with van der Waals surface area (Å²) in [4.78, 5) is 6.76. The fraction of sp³-hybridized carbons (Fsp3) is 0.643. The Labute approximate surface area is 102 Å². The van der Waals surface area contributed by atoms with Crippen LogP contribution in [-0.2, 0) is 5.60 Å². The van der Waals surface area contributed by atoms with E-state index in [-0.39, 0.29) is 0 Å². The van der Waals surface area contributed by atoms with Gasteiger partial charge in [0.2, 0.25) is 0 Å². The highest BCUT2D eigenvalue weighted by Gasteiger charge is 2.46. The SMILES string of the molecule is Cc1ccc(C2(O)CC3CCC(C2)N3C)cn1. The van der Waals surface area contributed by atoms with Crippen LogP contribution < -0.4 is 0 Å². The summed E-state index contributed by atoms with van der Waals surface area (Å²) in [6.07, 6.45) is 6.00. The molecule has 3 heteroatoms. The van der Waals surface area contributed by atoms with E-state index in [1.54, 1.807) is 0 Å². The molecule has 3 nitrogen and oxygen atoms in total. The van der Waals surface area contributed by atoms with Gasteiger partial charge in [-0.15, -0.1) is 0 Å². The lowest BCUT2D eigenvalue weighted by Crippen LogP contribution is -2.47. The van der Waals surface area contributed by atoms with Gasteiger partial charge in [0.25, 0.3) is 0 Å². The zero-order chi connectivity index (χ0) is 12.0. The van der Waals surface area contributed by atoms with Gasteiger partial charge in [0.15, 0.2) is 0 Å². The Bertz CT molecular complexity index is 401. The minimum Gasteiger partial charge on any atom is -0.385 e. The summed E-state index contributed by atoms with van der Waals surface area (Å²) in [7, 11) is 2.19. The molecule has 2 bridgehead atoms. The van der Waals surface area contributed by atoms with Gasteiger partial charge in [0, 0.05) is 29.5 Å². The number of aromatic nitrogens is 1. The zero-order valence-corrected chi connectivity index (χ0v) is 10.6. The molecule has 17 heavy (non-hydrogen) atoms. The van der Waals surface area contributed by atoms with E-state index in [1.165, 1.54) is 12.8 Å². The predicted molar refractivity (Wildman–Crippen MR) is 66.7 cm³/mol. The number of hydrogen-bond acceptors (Lipinski definition) is 3. The molecular formula is C14H20N2O. The van der Waals surface area contributed by atoms with E-state index in [9.17, 15) is 5.11 Å². The number of rotatable bonds is 1. The van der Waals surface area contributed by atoms with Crippen molar-refractivity contribution < 1.29 is 5.11 Å². The Hall–Kier alpha value is -0.930. The number of aliphatic hydroxyl groups is 1. The molecule has 3 rings (SSSR count). The number of pyridine rings is 1. The second kappa shape index (κ2) is 3.79. The normalized spacial score (nSPS) is 37.4. The van der Waals surface area contributed by atoms with E-state index in [1.807, 2.05) is 25.3 Å². The lowest BCUT2D eigenvalue weighted by molar-refractivity contribution is -0.0495. The van der Waals surface area contributed by atoms with Crippen molar-refractivity contribution in [3.8, 4) is 0 Å². The number of nitrogens with zero attached hydrogens (tertiary/aromatic N) is 2. The third-order valence-electron chi connectivity index (χ3n) is 4.58. The van der Waals surface area contributed by atoms with Crippen molar-refractivity contribution >= 4 is 0 Å². The Kier molecular flexibility index (Phi) is 2.49. The van der Waals surface area contributed by atoms with Crippen molar-refractivity contribution in [2.45, 2.75) is 50.3 Å². The largest absolute Gasteiger partial charge is 0.385 e. The van der Waals surface area contributed by atoms with Gasteiger partial charge in [-0.2, -0.15) is 0 Å². The first kappa shape index (κ1) is 11.2. The summed E-state index contributed by atoms with van der Waals surface area (Å²) >= 11 is 0. The molecule has 1 N–H and O–H groups in total. The van der Waals surface area contributed by atoms with Crippen molar-refractivity contribution in [1.29, 1.82) is 0 Å². The molecule has 3 heterocycles. The molecule has 1 aromatic heterocycles. The molecular weight excluding hydrogens is 212 g/mol. The first-order valence-corrected chi connectivity index (χ1v) is 6.46. The van der Waals surface area contributed by atoms with Crippen LogP contribution in [0.15, 0.2) is 18.3 Å². The summed E-state index contributed by atoms with van der Waals surface area (Å²) in [6, 6.07) is 5.11. The second-order valence-corrected chi connectivity index (χ2v) is 5.68. The van der Waals surface area contributed by atoms with Crippen molar-refractivity contribution in [2.75, 3.05) is 7.05 Å². The Morgan fingerprint density at radius 2 is 1.94 bits per heavy atom. The van der Waals surface area contributed by atoms with E-state index in [2.05, 4.69) is 16.9 Å². The topological polar surface area (TPSA) is 36.4 Å².